The van der Waals surface area contributed by atoms with E-state index < -0.39 is 0 Å². The Morgan fingerprint density at radius 1 is 1.43 bits per heavy atom. The summed E-state index contributed by atoms with van der Waals surface area (Å²) in [4.78, 5) is 2.21. The monoisotopic (exact) mass is 229 g/mol. The highest BCUT2D eigenvalue weighted by Crippen LogP contribution is 2.35. The van der Waals surface area contributed by atoms with Crippen molar-refractivity contribution in [2.45, 2.75) is 12.8 Å². The minimum absolute atomic E-state index is 0.658. The minimum atomic E-state index is 0.658. The Morgan fingerprint density at radius 3 is 2.93 bits per heavy atom. The lowest BCUT2D eigenvalue weighted by Crippen LogP contribution is -2.12. The summed E-state index contributed by atoms with van der Waals surface area (Å²) in [7, 11) is 2.08. The quantitative estimate of drug-likeness (QED) is 0.705. The number of hydrogen-bond donors (Lipinski definition) is 0. The zero-order valence-electron chi connectivity index (χ0n) is 8.19. The maximum Gasteiger partial charge on any atom is 0.0645 e. The van der Waals surface area contributed by atoms with E-state index in [0.29, 0.717) is 5.88 Å². The van der Waals surface area contributed by atoms with Crippen LogP contribution in [0.25, 0.3) is 0 Å². The van der Waals surface area contributed by atoms with Crippen LogP contribution in [0.3, 0.4) is 0 Å². The van der Waals surface area contributed by atoms with E-state index in [9.17, 15) is 0 Å². The topological polar surface area (TPSA) is 3.24 Å². The molecule has 3 heteroatoms. The Kier molecular flexibility index (Phi) is 2.89. The Labute approximate surface area is 94.6 Å². The molecule has 0 amide bonds. The van der Waals surface area contributed by atoms with Gasteiger partial charge in [-0.25, -0.2) is 0 Å². The number of rotatable bonds is 2. The molecule has 0 atom stereocenters. The van der Waals surface area contributed by atoms with Crippen molar-refractivity contribution in [3.8, 4) is 0 Å². The maximum atomic E-state index is 6.22. The summed E-state index contributed by atoms with van der Waals surface area (Å²) in [5, 5.41) is 0.864. The molecule has 1 aliphatic rings. The van der Waals surface area contributed by atoms with Crippen molar-refractivity contribution in [1.82, 2.24) is 0 Å². The average Bonchev–Trinajstić information content (AvgIpc) is 2.48. The SMILES string of the molecule is CN1CCc2cc(CCCl)cc(Cl)c21. The fourth-order valence-corrected chi connectivity index (χ4v) is 2.61. The molecule has 0 saturated heterocycles. The van der Waals surface area contributed by atoms with E-state index in [2.05, 4.69) is 18.0 Å². The van der Waals surface area contributed by atoms with Gasteiger partial charge in [0.05, 0.1) is 10.7 Å². The van der Waals surface area contributed by atoms with Crippen molar-refractivity contribution in [3.05, 3.63) is 28.3 Å². The summed E-state index contributed by atoms with van der Waals surface area (Å²) < 4.78 is 0. The molecule has 0 N–H and O–H groups in total. The Morgan fingerprint density at radius 2 is 2.21 bits per heavy atom. The second-order valence-electron chi connectivity index (χ2n) is 3.70. The molecule has 1 aliphatic heterocycles. The molecule has 1 nitrogen and oxygen atoms in total. The molecular formula is C11H13Cl2N. The van der Waals surface area contributed by atoms with Gasteiger partial charge in [0, 0.05) is 19.5 Å². The van der Waals surface area contributed by atoms with Gasteiger partial charge < -0.3 is 4.90 Å². The molecule has 0 aliphatic carbocycles. The van der Waals surface area contributed by atoms with Crippen molar-refractivity contribution >= 4 is 28.9 Å². The first-order valence-electron chi connectivity index (χ1n) is 4.81. The van der Waals surface area contributed by atoms with E-state index in [1.54, 1.807) is 0 Å². The molecule has 0 bridgehead atoms. The number of fused-ring (bicyclic) bond motifs is 1. The zero-order valence-corrected chi connectivity index (χ0v) is 9.70. The summed E-state index contributed by atoms with van der Waals surface area (Å²) in [6, 6.07) is 4.26. The number of alkyl halides is 1. The number of aryl methyl sites for hydroxylation is 1. The van der Waals surface area contributed by atoms with Crippen molar-refractivity contribution in [2.24, 2.45) is 0 Å². The van der Waals surface area contributed by atoms with Crippen LogP contribution in [0.15, 0.2) is 12.1 Å². The third-order valence-corrected chi connectivity index (χ3v) is 3.16. The zero-order chi connectivity index (χ0) is 10.1. The molecule has 0 saturated carbocycles. The Balaban J connectivity index is 2.41. The Hall–Kier alpha value is -0.400. The standard InChI is InChI=1S/C11H13Cl2N/c1-14-5-3-9-6-8(2-4-12)7-10(13)11(9)14/h6-7H,2-5H2,1H3. The van der Waals surface area contributed by atoms with E-state index in [0.717, 1.165) is 24.4 Å². The van der Waals surface area contributed by atoms with Crippen molar-refractivity contribution in [3.63, 3.8) is 0 Å². The van der Waals surface area contributed by atoms with Gasteiger partial charge >= 0.3 is 0 Å². The molecular weight excluding hydrogens is 217 g/mol. The van der Waals surface area contributed by atoms with Crippen LogP contribution in [0, 0.1) is 0 Å². The van der Waals surface area contributed by atoms with Crippen molar-refractivity contribution in [2.75, 3.05) is 24.4 Å². The van der Waals surface area contributed by atoms with Crippen molar-refractivity contribution in [1.29, 1.82) is 0 Å². The predicted octanol–water partition coefficient (Wildman–Crippen LogP) is 3.11. The summed E-state index contributed by atoms with van der Waals surface area (Å²) in [5.41, 5.74) is 3.81. The summed E-state index contributed by atoms with van der Waals surface area (Å²) in [5.74, 6) is 0.658. The normalized spacial score (nSPS) is 14.6. The number of likely N-dealkylation sites (N-methyl/N-ethyl adjacent to an activating group) is 1. The van der Waals surface area contributed by atoms with Crippen LogP contribution in [0.5, 0.6) is 0 Å². The maximum absolute atomic E-state index is 6.22. The van der Waals surface area contributed by atoms with Crippen molar-refractivity contribution < 1.29 is 0 Å². The average molecular weight is 230 g/mol. The minimum Gasteiger partial charge on any atom is -0.373 e. The molecule has 0 unspecified atom stereocenters. The van der Waals surface area contributed by atoms with E-state index in [-0.39, 0.29) is 0 Å². The molecule has 76 valence electrons. The first kappa shape index (κ1) is 10.1. The summed E-state index contributed by atoms with van der Waals surface area (Å²) in [6.45, 7) is 1.07. The molecule has 0 aromatic heterocycles. The Bertz CT molecular complexity index is 349. The van der Waals surface area contributed by atoms with Crippen LogP contribution < -0.4 is 4.90 Å². The van der Waals surface area contributed by atoms with Gasteiger partial charge in [0.15, 0.2) is 0 Å². The third kappa shape index (κ3) is 1.71. The fraction of sp³-hybridized carbons (Fsp3) is 0.455. The molecule has 14 heavy (non-hydrogen) atoms. The number of hydrogen-bond acceptors (Lipinski definition) is 1. The van der Waals surface area contributed by atoms with Gasteiger partial charge in [-0.1, -0.05) is 17.7 Å². The summed E-state index contributed by atoms with van der Waals surface area (Å²) in [6.07, 6.45) is 2.00. The van der Waals surface area contributed by atoms with Crippen LogP contribution >= 0.6 is 23.2 Å². The molecule has 0 spiro atoms. The number of anilines is 1. The molecule has 1 aromatic carbocycles. The van der Waals surface area contributed by atoms with Crippen LogP contribution in [0.2, 0.25) is 5.02 Å². The van der Waals surface area contributed by atoms with Crippen LogP contribution in [0.1, 0.15) is 11.1 Å². The van der Waals surface area contributed by atoms with Crippen LogP contribution in [-0.4, -0.2) is 19.5 Å². The van der Waals surface area contributed by atoms with Gasteiger partial charge in [-0.2, -0.15) is 0 Å². The van der Waals surface area contributed by atoms with E-state index >= 15 is 0 Å². The van der Waals surface area contributed by atoms with E-state index in [4.69, 9.17) is 23.2 Å². The van der Waals surface area contributed by atoms with Gasteiger partial charge in [-0.05, 0) is 30.0 Å². The predicted molar refractivity (Wildman–Crippen MR) is 62.9 cm³/mol. The number of nitrogens with zero attached hydrogens (tertiary/aromatic N) is 1. The second kappa shape index (κ2) is 4.00. The molecule has 1 heterocycles. The van der Waals surface area contributed by atoms with E-state index in [1.807, 2.05) is 6.07 Å². The molecule has 0 radical (unpaired) electrons. The number of benzene rings is 1. The lowest BCUT2D eigenvalue weighted by atomic mass is 10.1. The molecule has 2 rings (SSSR count). The fourth-order valence-electron chi connectivity index (χ4n) is 1.99. The smallest absolute Gasteiger partial charge is 0.0645 e. The van der Waals surface area contributed by atoms with Gasteiger partial charge in [0.2, 0.25) is 0 Å². The highest BCUT2D eigenvalue weighted by Gasteiger charge is 2.19. The van der Waals surface area contributed by atoms with Crippen LogP contribution in [0.4, 0.5) is 5.69 Å². The van der Waals surface area contributed by atoms with Gasteiger partial charge in [-0.3, -0.25) is 0 Å². The highest BCUT2D eigenvalue weighted by atomic mass is 35.5. The third-order valence-electron chi connectivity index (χ3n) is 2.68. The lowest BCUT2D eigenvalue weighted by molar-refractivity contribution is 0.955. The lowest BCUT2D eigenvalue weighted by Gasteiger charge is -2.14. The highest BCUT2D eigenvalue weighted by molar-refractivity contribution is 6.33. The van der Waals surface area contributed by atoms with Gasteiger partial charge in [-0.15, -0.1) is 11.6 Å². The summed E-state index contributed by atoms with van der Waals surface area (Å²) >= 11 is 11.9. The first-order chi connectivity index (χ1) is 6.72. The number of halogens is 2. The van der Waals surface area contributed by atoms with Crippen LogP contribution in [-0.2, 0) is 12.8 Å². The van der Waals surface area contributed by atoms with E-state index in [1.165, 1.54) is 16.8 Å². The molecule has 0 fully saturated rings. The molecule has 1 aromatic rings. The second-order valence-corrected chi connectivity index (χ2v) is 4.48. The first-order valence-corrected chi connectivity index (χ1v) is 5.72. The van der Waals surface area contributed by atoms with Gasteiger partial charge in [0.25, 0.3) is 0 Å². The largest absolute Gasteiger partial charge is 0.373 e. The van der Waals surface area contributed by atoms with Gasteiger partial charge in [0.1, 0.15) is 0 Å².